The van der Waals surface area contributed by atoms with Gasteiger partial charge in [0.15, 0.2) is 5.82 Å². The number of hydrogen-bond acceptors (Lipinski definition) is 4. The van der Waals surface area contributed by atoms with Crippen LogP contribution in [0.2, 0.25) is 0 Å². The number of hydrogen-bond donors (Lipinski definition) is 1. The van der Waals surface area contributed by atoms with E-state index in [2.05, 4.69) is 14.7 Å². The molecule has 0 radical (unpaired) electrons. The van der Waals surface area contributed by atoms with Gasteiger partial charge in [-0.2, -0.15) is 9.36 Å². The summed E-state index contributed by atoms with van der Waals surface area (Å²) in [6.45, 7) is 0. The van der Waals surface area contributed by atoms with Crippen LogP contribution in [0, 0.1) is 5.82 Å². The molecule has 3 aromatic rings. The summed E-state index contributed by atoms with van der Waals surface area (Å²) in [4.78, 5) is 4.35. The normalized spacial score (nSPS) is 10.8. The number of fused-ring (bicyclic) bond motifs is 1. The maximum atomic E-state index is 13.7. The molecule has 18 heavy (non-hydrogen) atoms. The Hall–Kier alpha value is -2.01. The fraction of sp³-hybridized carbons (Fsp3) is 0.0769. The molecule has 3 rings (SSSR count). The van der Waals surface area contributed by atoms with E-state index in [1.165, 1.54) is 17.6 Å². The average Bonchev–Trinajstić information content (AvgIpc) is 2.88. The van der Waals surface area contributed by atoms with Crippen molar-refractivity contribution in [2.75, 3.05) is 12.4 Å². The summed E-state index contributed by atoms with van der Waals surface area (Å²) in [5.74, 6) is 0.402. The zero-order chi connectivity index (χ0) is 12.5. The molecule has 0 fully saturated rings. The highest BCUT2D eigenvalue weighted by Crippen LogP contribution is 2.29. The Morgan fingerprint density at radius 2 is 1.89 bits per heavy atom. The minimum Gasteiger partial charge on any atom is -0.363 e. The standard InChI is InChI=1S/C13H10FN3S/c1-15-13-16-12(17-18-13)10-6-7-11(14)9-5-3-2-4-8(9)10/h2-7H,1H3,(H,15,16,17). The predicted molar refractivity (Wildman–Crippen MR) is 72.4 cm³/mol. The summed E-state index contributed by atoms with van der Waals surface area (Å²) >= 11 is 1.29. The molecule has 0 saturated carbocycles. The van der Waals surface area contributed by atoms with Gasteiger partial charge in [0, 0.05) is 29.5 Å². The Kier molecular flexibility index (Phi) is 2.68. The Morgan fingerprint density at radius 3 is 2.61 bits per heavy atom. The second-order valence-corrected chi connectivity index (χ2v) is 4.57. The van der Waals surface area contributed by atoms with Gasteiger partial charge in [0.2, 0.25) is 5.13 Å². The van der Waals surface area contributed by atoms with E-state index in [9.17, 15) is 4.39 Å². The maximum absolute atomic E-state index is 13.7. The van der Waals surface area contributed by atoms with E-state index in [0.717, 1.165) is 16.1 Å². The predicted octanol–water partition coefficient (Wildman–Crippen LogP) is 3.54. The summed E-state index contributed by atoms with van der Waals surface area (Å²) in [7, 11) is 1.80. The van der Waals surface area contributed by atoms with Gasteiger partial charge in [-0.05, 0) is 17.5 Å². The number of aromatic nitrogens is 2. The minimum atomic E-state index is -0.224. The first-order chi connectivity index (χ1) is 8.79. The van der Waals surface area contributed by atoms with Crippen molar-refractivity contribution in [3.05, 3.63) is 42.2 Å². The van der Waals surface area contributed by atoms with Gasteiger partial charge in [-0.1, -0.05) is 24.3 Å². The molecule has 0 aliphatic carbocycles. The molecule has 0 unspecified atom stereocenters. The summed E-state index contributed by atoms with van der Waals surface area (Å²) in [6.07, 6.45) is 0. The molecule has 1 aromatic heterocycles. The molecular formula is C13H10FN3S. The molecule has 0 atom stereocenters. The Labute approximate surface area is 107 Å². The van der Waals surface area contributed by atoms with E-state index in [0.29, 0.717) is 11.2 Å². The zero-order valence-electron chi connectivity index (χ0n) is 9.64. The molecule has 1 N–H and O–H groups in total. The maximum Gasteiger partial charge on any atom is 0.202 e. The lowest BCUT2D eigenvalue weighted by atomic mass is 10.0. The molecule has 90 valence electrons. The number of halogens is 1. The molecule has 0 spiro atoms. The van der Waals surface area contributed by atoms with Crippen LogP contribution in [0.1, 0.15) is 0 Å². The summed E-state index contributed by atoms with van der Waals surface area (Å²) < 4.78 is 18.0. The van der Waals surface area contributed by atoms with Crippen LogP contribution in [0.25, 0.3) is 22.2 Å². The van der Waals surface area contributed by atoms with Crippen LogP contribution in [-0.2, 0) is 0 Å². The van der Waals surface area contributed by atoms with Gasteiger partial charge in [0.25, 0.3) is 0 Å². The second-order valence-electron chi connectivity index (χ2n) is 3.81. The number of nitrogens with zero attached hydrogens (tertiary/aromatic N) is 2. The molecule has 2 aromatic carbocycles. The Balaban J connectivity index is 2.26. The lowest BCUT2D eigenvalue weighted by Crippen LogP contribution is -1.88. The summed E-state index contributed by atoms with van der Waals surface area (Å²) in [6, 6.07) is 10.5. The van der Waals surface area contributed by atoms with E-state index in [4.69, 9.17) is 0 Å². The lowest BCUT2D eigenvalue weighted by molar-refractivity contribution is 0.640. The first kappa shape index (κ1) is 11.1. The molecule has 0 saturated heterocycles. The Morgan fingerprint density at radius 1 is 1.11 bits per heavy atom. The topological polar surface area (TPSA) is 37.8 Å². The third kappa shape index (κ3) is 1.73. The zero-order valence-corrected chi connectivity index (χ0v) is 10.5. The van der Waals surface area contributed by atoms with Crippen molar-refractivity contribution in [3.63, 3.8) is 0 Å². The van der Waals surface area contributed by atoms with Crippen LogP contribution in [0.3, 0.4) is 0 Å². The minimum absolute atomic E-state index is 0.224. The lowest BCUT2D eigenvalue weighted by Gasteiger charge is -2.03. The molecule has 1 heterocycles. The largest absolute Gasteiger partial charge is 0.363 e. The highest BCUT2D eigenvalue weighted by Gasteiger charge is 2.11. The molecule has 0 aliphatic heterocycles. The molecule has 5 heteroatoms. The van der Waals surface area contributed by atoms with Crippen molar-refractivity contribution in [1.82, 2.24) is 9.36 Å². The molecule has 0 bridgehead atoms. The smallest absolute Gasteiger partial charge is 0.202 e. The first-order valence-electron chi connectivity index (χ1n) is 5.48. The van der Waals surface area contributed by atoms with Crippen LogP contribution in [-0.4, -0.2) is 16.4 Å². The quantitative estimate of drug-likeness (QED) is 0.765. The van der Waals surface area contributed by atoms with E-state index < -0.39 is 0 Å². The molecule has 0 aliphatic rings. The van der Waals surface area contributed by atoms with Gasteiger partial charge in [-0.15, -0.1) is 0 Å². The van der Waals surface area contributed by atoms with Crippen LogP contribution in [0.5, 0.6) is 0 Å². The van der Waals surface area contributed by atoms with Crippen molar-refractivity contribution < 1.29 is 4.39 Å². The van der Waals surface area contributed by atoms with Gasteiger partial charge in [0.1, 0.15) is 5.82 Å². The third-order valence-corrected chi connectivity index (χ3v) is 3.48. The van der Waals surface area contributed by atoms with E-state index in [1.807, 2.05) is 18.2 Å². The van der Waals surface area contributed by atoms with Crippen molar-refractivity contribution in [3.8, 4) is 11.4 Å². The third-order valence-electron chi connectivity index (χ3n) is 2.75. The average molecular weight is 259 g/mol. The van der Waals surface area contributed by atoms with Gasteiger partial charge in [-0.3, -0.25) is 0 Å². The molecule has 0 amide bonds. The number of nitrogens with one attached hydrogen (secondary N) is 1. The van der Waals surface area contributed by atoms with E-state index in [-0.39, 0.29) is 5.82 Å². The van der Waals surface area contributed by atoms with E-state index in [1.54, 1.807) is 19.2 Å². The van der Waals surface area contributed by atoms with Crippen LogP contribution in [0.4, 0.5) is 9.52 Å². The first-order valence-corrected chi connectivity index (χ1v) is 6.26. The van der Waals surface area contributed by atoms with Crippen molar-refractivity contribution in [2.45, 2.75) is 0 Å². The number of anilines is 1. The molecule has 3 nitrogen and oxygen atoms in total. The van der Waals surface area contributed by atoms with E-state index >= 15 is 0 Å². The van der Waals surface area contributed by atoms with Crippen LogP contribution >= 0.6 is 11.5 Å². The number of benzene rings is 2. The van der Waals surface area contributed by atoms with Gasteiger partial charge in [-0.25, -0.2) is 4.39 Å². The summed E-state index contributed by atoms with van der Waals surface area (Å²) in [5, 5.41) is 5.12. The van der Waals surface area contributed by atoms with Gasteiger partial charge >= 0.3 is 0 Å². The SMILES string of the molecule is CNc1nc(-c2ccc(F)c3ccccc23)ns1. The van der Waals surface area contributed by atoms with Gasteiger partial charge in [0.05, 0.1) is 0 Å². The Bertz CT molecular complexity index is 708. The fourth-order valence-electron chi connectivity index (χ4n) is 1.89. The molecular weight excluding hydrogens is 249 g/mol. The van der Waals surface area contributed by atoms with Crippen LogP contribution in [0.15, 0.2) is 36.4 Å². The monoisotopic (exact) mass is 259 g/mol. The van der Waals surface area contributed by atoms with Crippen molar-refractivity contribution in [1.29, 1.82) is 0 Å². The van der Waals surface area contributed by atoms with Crippen molar-refractivity contribution in [2.24, 2.45) is 0 Å². The van der Waals surface area contributed by atoms with Gasteiger partial charge < -0.3 is 5.32 Å². The van der Waals surface area contributed by atoms with Crippen LogP contribution < -0.4 is 5.32 Å². The second kappa shape index (κ2) is 4.34. The number of rotatable bonds is 2. The highest BCUT2D eigenvalue weighted by atomic mass is 32.1. The summed E-state index contributed by atoms with van der Waals surface area (Å²) in [5.41, 5.74) is 0.852. The highest BCUT2D eigenvalue weighted by molar-refractivity contribution is 7.09. The van der Waals surface area contributed by atoms with Crippen molar-refractivity contribution >= 4 is 27.4 Å². The fourth-order valence-corrected chi connectivity index (χ4v) is 2.42.